The van der Waals surface area contributed by atoms with Crippen LogP contribution in [-0.4, -0.2) is 38.0 Å². The third-order valence-electron chi connectivity index (χ3n) is 2.16. The van der Waals surface area contributed by atoms with Gasteiger partial charge in [-0.15, -0.1) is 0 Å². The molecule has 0 unspecified atom stereocenters. The van der Waals surface area contributed by atoms with Crippen LogP contribution < -0.4 is 5.32 Å². The van der Waals surface area contributed by atoms with E-state index in [1.165, 1.54) is 5.56 Å². The topological polar surface area (TPSA) is 32.3 Å². The number of likely N-dealkylation sites (N-methyl/N-ethyl adjacent to an activating group) is 1. The molecule has 0 bridgehead atoms. The summed E-state index contributed by atoms with van der Waals surface area (Å²) in [5.74, 6) is -0.00292. The van der Waals surface area contributed by atoms with E-state index in [1.807, 2.05) is 77.9 Å². The molecule has 0 saturated heterocycles. The van der Waals surface area contributed by atoms with Gasteiger partial charge in [0.1, 0.15) is 0 Å². The zero-order valence-corrected chi connectivity index (χ0v) is 13.6. The van der Waals surface area contributed by atoms with E-state index in [-0.39, 0.29) is 7.33 Å². The van der Waals surface area contributed by atoms with Crippen molar-refractivity contribution in [3.63, 3.8) is 0 Å². The molecule has 0 radical (unpaired) electrons. The van der Waals surface area contributed by atoms with E-state index in [1.54, 1.807) is 0 Å². The Hall–Kier alpha value is -1.35. The van der Waals surface area contributed by atoms with Gasteiger partial charge in [-0.1, -0.05) is 45.4 Å². The summed E-state index contributed by atoms with van der Waals surface area (Å²) >= 11 is 0. The molecule has 19 heavy (non-hydrogen) atoms. The summed E-state index contributed by atoms with van der Waals surface area (Å²) in [5.41, 5.74) is 1.89. The van der Waals surface area contributed by atoms with Crippen molar-refractivity contribution in [2.75, 3.05) is 27.2 Å². The average Bonchev–Trinajstić information content (AvgIpc) is 2.43. The number of carbonyl (C=O) groups is 1. The smallest absolute Gasteiger partial charge is 0.251 e. The van der Waals surface area contributed by atoms with Crippen LogP contribution in [0.25, 0.3) is 0 Å². The molecule has 0 heterocycles. The lowest BCUT2D eigenvalue weighted by atomic mass is 10.1. The summed E-state index contributed by atoms with van der Waals surface area (Å²) < 4.78 is 0. The highest BCUT2D eigenvalue weighted by atomic mass is 16.1. The molecule has 3 heteroatoms. The van der Waals surface area contributed by atoms with Crippen LogP contribution in [0.1, 0.15) is 45.0 Å². The molecular weight excluding hydrogens is 236 g/mol. The first kappa shape index (κ1) is 20.0. The van der Waals surface area contributed by atoms with Crippen LogP contribution in [0, 0.1) is 6.92 Å². The van der Waals surface area contributed by atoms with E-state index in [2.05, 4.69) is 5.32 Å². The highest BCUT2D eigenvalue weighted by Crippen LogP contribution is 2.02. The third-order valence-corrected chi connectivity index (χ3v) is 2.16. The second kappa shape index (κ2) is 13.1. The number of hydrogen-bond acceptors (Lipinski definition) is 2. The standard InChI is InChI=1S/C12H18N2O.2C2H6.H2/c1-10-4-6-11(7-5-10)12(15)13-8-9-14(2)3;2*1-2;/h4-7H,8-9H2,1-3H3,(H,13,15);2*1-2H3;1H. The zero-order chi connectivity index (χ0) is 15.3. The van der Waals surface area contributed by atoms with E-state index >= 15 is 0 Å². The second-order valence-electron chi connectivity index (χ2n) is 3.93. The number of hydrogen-bond donors (Lipinski definition) is 1. The molecule has 0 aliphatic heterocycles. The Kier molecular flexibility index (Phi) is 13.8. The summed E-state index contributed by atoms with van der Waals surface area (Å²) in [5, 5.41) is 2.87. The van der Waals surface area contributed by atoms with Gasteiger partial charge in [0, 0.05) is 20.1 Å². The molecule has 0 aliphatic carbocycles. The van der Waals surface area contributed by atoms with Crippen LogP contribution in [0.4, 0.5) is 0 Å². The highest BCUT2D eigenvalue weighted by Gasteiger charge is 2.03. The molecule has 1 amide bonds. The fraction of sp³-hybridized carbons (Fsp3) is 0.562. The number of nitrogens with zero attached hydrogens (tertiary/aromatic N) is 1. The first-order valence-electron chi connectivity index (χ1n) is 7.09. The zero-order valence-electron chi connectivity index (χ0n) is 13.6. The van der Waals surface area contributed by atoms with Gasteiger partial charge in [-0.05, 0) is 33.2 Å². The minimum absolute atomic E-state index is 0. The Morgan fingerprint density at radius 1 is 1.11 bits per heavy atom. The van der Waals surface area contributed by atoms with E-state index in [4.69, 9.17) is 0 Å². The lowest BCUT2D eigenvalue weighted by Gasteiger charge is -2.10. The van der Waals surface area contributed by atoms with Gasteiger partial charge in [0.2, 0.25) is 0 Å². The molecule has 0 aromatic heterocycles. The highest BCUT2D eigenvalue weighted by molar-refractivity contribution is 5.94. The minimum Gasteiger partial charge on any atom is -0.351 e. The lowest BCUT2D eigenvalue weighted by molar-refractivity contribution is 0.0951. The van der Waals surface area contributed by atoms with Crippen LogP contribution in [0.15, 0.2) is 24.3 Å². The number of benzene rings is 1. The number of aryl methyl sites for hydroxylation is 1. The van der Waals surface area contributed by atoms with Crippen molar-refractivity contribution in [1.82, 2.24) is 10.2 Å². The van der Waals surface area contributed by atoms with Crippen LogP contribution in [0.3, 0.4) is 0 Å². The molecule has 112 valence electrons. The van der Waals surface area contributed by atoms with Crippen LogP contribution in [0.2, 0.25) is 0 Å². The van der Waals surface area contributed by atoms with E-state index in [0.717, 1.165) is 12.1 Å². The van der Waals surface area contributed by atoms with Gasteiger partial charge >= 0.3 is 0 Å². The number of amides is 1. The molecule has 1 N–H and O–H groups in total. The number of rotatable bonds is 4. The van der Waals surface area contributed by atoms with Gasteiger partial charge in [-0.3, -0.25) is 4.79 Å². The summed E-state index contributed by atoms with van der Waals surface area (Å²) in [7, 11) is 3.97. The molecule has 3 nitrogen and oxygen atoms in total. The van der Waals surface area contributed by atoms with Crippen molar-refractivity contribution >= 4 is 5.91 Å². The van der Waals surface area contributed by atoms with Crippen LogP contribution in [0.5, 0.6) is 0 Å². The molecule has 1 rings (SSSR count). The van der Waals surface area contributed by atoms with E-state index in [0.29, 0.717) is 6.54 Å². The average molecular weight is 268 g/mol. The lowest BCUT2D eigenvalue weighted by Crippen LogP contribution is -2.31. The van der Waals surface area contributed by atoms with Gasteiger partial charge < -0.3 is 10.2 Å². The Morgan fingerprint density at radius 2 is 1.58 bits per heavy atom. The first-order valence-corrected chi connectivity index (χ1v) is 7.09. The molecule has 1 aromatic carbocycles. The van der Waals surface area contributed by atoms with Gasteiger partial charge in [0.05, 0.1) is 0 Å². The fourth-order valence-corrected chi connectivity index (χ4v) is 1.20. The van der Waals surface area contributed by atoms with E-state index < -0.39 is 0 Å². The van der Waals surface area contributed by atoms with Crippen molar-refractivity contribution in [2.24, 2.45) is 0 Å². The number of nitrogens with one attached hydrogen (secondary N) is 1. The Morgan fingerprint density at radius 3 is 2.00 bits per heavy atom. The molecule has 0 atom stereocenters. The monoisotopic (exact) mass is 268 g/mol. The molecule has 0 aliphatic rings. The van der Waals surface area contributed by atoms with Crippen LogP contribution >= 0.6 is 0 Å². The van der Waals surface area contributed by atoms with E-state index in [9.17, 15) is 4.79 Å². The number of carbonyl (C=O) groups excluding carboxylic acids is 1. The third kappa shape index (κ3) is 10.3. The summed E-state index contributed by atoms with van der Waals surface area (Å²) in [6, 6.07) is 7.59. The second-order valence-corrected chi connectivity index (χ2v) is 3.93. The van der Waals surface area contributed by atoms with Gasteiger partial charge in [0.15, 0.2) is 0 Å². The molecule has 0 spiro atoms. The quantitative estimate of drug-likeness (QED) is 0.905. The van der Waals surface area contributed by atoms with Crippen molar-refractivity contribution in [3.05, 3.63) is 35.4 Å². The Balaban J connectivity index is -0.000000529. The summed E-state index contributed by atoms with van der Waals surface area (Å²) in [6.07, 6.45) is 0. The maximum atomic E-state index is 11.6. The summed E-state index contributed by atoms with van der Waals surface area (Å²) in [6.45, 7) is 11.5. The Bertz CT molecular complexity index is 324. The largest absolute Gasteiger partial charge is 0.351 e. The van der Waals surface area contributed by atoms with Gasteiger partial charge in [-0.2, -0.15) is 0 Å². The maximum absolute atomic E-state index is 11.6. The van der Waals surface area contributed by atoms with Crippen molar-refractivity contribution in [3.8, 4) is 0 Å². The predicted octanol–water partition coefficient (Wildman–Crippen LogP) is 3.58. The SMILES string of the molecule is CC.CC.Cc1ccc(C(=O)NCCN(C)C)cc1.[HH]. The predicted molar refractivity (Wildman–Crippen MR) is 86.9 cm³/mol. The molecular formula is C16H32N2O. The molecule has 0 saturated carbocycles. The van der Waals surface area contributed by atoms with Crippen molar-refractivity contribution in [1.29, 1.82) is 0 Å². The minimum atomic E-state index is -0.00292. The first-order chi connectivity index (χ1) is 9.09. The van der Waals surface area contributed by atoms with Gasteiger partial charge in [-0.25, -0.2) is 0 Å². The molecule has 1 aromatic rings. The maximum Gasteiger partial charge on any atom is 0.251 e. The summed E-state index contributed by atoms with van der Waals surface area (Å²) in [4.78, 5) is 13.6. The fourth-order valence-electron chi connectivity index (χ4n) is 1.20. The van der Waals surface area contributed by atoms with Gasteiger partial charge in [0.25, 0.3) is 5.91 Å². The normalized spacial score (nSPS) is 8.84. The van der Waals surface area contributed by atoms with Crippen LogP contribution in [-0.2, 0) is 0 Å². The van der Waals surface area contributed by atoms with Crippen molar-refractivity contribution in [2.45, 2.75) is 34.6 Å². The Labute approximate surface area is 120 Å². The molecule has 0 fully saturated rings. The van der Waals surface area contributed by atoms with Crippen molar-refractivity contribution < 1.29 is 6.22 Å².